The maximum Gasteiger partial charge on any atom is 0.0696 e. The summed E-state index contributed by atoms with van der Waals surface area (Å²) in [5, 5.41) is 8.09. The van der Waals surface area contributed by atoms with Gasteiger partial charge in [-0.15, -0.1) is 0 Å². The number of rotatable bonds is 7. The molecule has 5 heteroatoms. The minimum absolute atomic E-state index is 0.312. The Balaban J connectivity index is 2.12. The highest BCUT2D eigenvalue weighted by Crippen LogP contribution is 2.29. The Morgan fingerprint density at radius 3 is 3.00 bits per heavy atom. The molecular formula is C15H26BrN3O. The molecule has 2 atom stereocenters. The fraction of sp³-hybridized carbons (Fsp3) is 0.800. The van der Waals surface area contributed by atoms with E-state index >= 15 is 0 Å². The van der Waals surface area contributed by atoms with Crippen LogP contribution in [0, 0.1) is 0 Å². The molecular weight excluding hydrogens is 318 g/mol. The van der Waals surface area contributed by atoms with Crippen molar-refractivity contribution in [1.29, 1.82) is 0 Å². The van der Waals surface area contributed by atoms with Gasteiger partial charge in [-0.2, -0.15) is 5.10 Å². The van der Waals surface area contributed by atoms with Gasteiger partial charge >= 0.3 is 0 Å². The first-order chi connectivity index (χ1) is 9.76. The molecule has 0 aliphatic carbocycles. The Labute approximate surface area is 130 Å². The zero-order chi connectivity index (χ0) is 14.4. The molecule has 1 aliphatic rings. The second-order valence-electron chi connectivity index (χ2n) is 5.44. The SMILES string of the molecule is CCCn1ncc(Br)c1C(CC1CCCCO1)NCC. The topological polar surface area (TPSA) is 39.1 Å². The normalized spacial score (nSPS) is 21.1. The van der Waals surface area contributed by atoms with Crippen LogP contribution in [0.15, 0.2) is 10.7 Å². The van der Waals surface area contributed by atoms with Crippen molar-refractivity contribution in [2.45, 2.75) is 64.6 Å². The fourth-order valence-corrected chi connectivity index (χ4v) is 3.48. The van der Waals surface area contributed by atoms with Crippen LogP contribution in [-0.4, -0.2) is 29.0 Å². The summed E-state index contributed by atoms with van der Waals surface area (Å²) in [5.41, 5.74) is 1.27. The lowest BCUT2D eigenvalue weighted by molar-refractivity contribution is 0.00457. The van der Waals surface area contributed by atoms with Crippen molar-refractivity contribution < 1.29 is 4.74 Å². The molecule has 2 heterocycles. The van der Waals surface area contributed by atoms with Gasteiger partial charge in [-0.05, 0) is 54.6 Å². The van der Waals surface area contributed by atoms with Gasteiger partial charge < -0.3 is 10.1 Å². The van der Waals surface area contributed by atoms with Gasteiger partial charge in [-0.25, -0.2) is 0 Å². The molecule has 0 radical (unpaired) electrons. The van der Waals surface area contributed by atoms with E-state index in [9.17, 15) is 0 Å². The van der Waals surface area contributed by atoms with E-state index < -0.39 is 0 Å². The average molecular weight is 344 g/mol. The smallest absolute Gasteiger partial charge is 0.0696 e. The number of nitrogens with one attached hydrogen (secondary N) is 1. The van der Waals surface area contributed by atoms with Crippen molar-refractivity contribution in [2.75, 3.05) is 13.2 Å². The van der Waals surface area contributed by atoms with Crippen LogP contribution >= 0.6 is 15.9 Å². The van der Waals surface area contributed by atoms with Gasteiger partial charge in [0.1, 0.15) is 0 Å². The van der Waals surface area contributed by atoms with E-state index in [0.717, 1.165) is 37.0 Å². The number of ether oxygens (including phenoxy) is 1. The van der Waals surface area contributed by atoms with Gasteiger partial charge in [0.05, 0.1) is 28.5 Å². The summed E-state index contributed by atoms with van der Waals surface area (Å²) in [7, 11) is 0. The first-order valence-corrected chi connectivity index (χ1v) is 8.61. The van der Waals surface area contributed by atoms with E-state index in [4.69, 9.17) is 4.74 Å². The van der Waals surface area contributed by atoms with Gasteiger partial charge in [0.25, 0.3) is 0 Å². The van der Waals surface area contributed by atoms with Gasteiger partial charge in [-0.1, -0.05) is 13.8 Å². The highest BCUT2D eigenvalue weighted by molar-refractivity contribution is 9.10. The summed E-state index contributed by atoms with van der Waals surface area (Å²) in [6.45, 7) is 7.18. The number of aryl methyl sites for hydroxylation is 1. The number of nitrogens with zero attached hydrogens (tertiary/aromatic N) is 2. The van der Waals surface area contributed by atoms with Crippen molar-refractivity contribution in [3.63, 3.8) is 0 Å². The van der Waals surface area contributed by atoms with E-state index in [-0.39, 0.29) is 0 Å². The molecule has 1 aliphatic heterocycles. The van der Waals surface area contributed by atoms with E-state index in [1.807, 2.05) is 6.20 Å². The summed E-state index contributed by atoms with van der Waals surface area (Å²) >= 11 is 3.66. The van der Waals surface area contributed by atoms with Crippen molar-refractivity contribution in [3.05, 3.63) is 16.4 Å². The number of aromatic nitrogens is 2. The molecule has 1 aromatic heterocycles. The van der Waals surface area contributed by atoms with Gasteiger partial charge in [0.15, 0.2) is 0 Å². The van der Waals surface area contributed by atoms with Crippen LogP contribution in [0.2, 0.25) is 0 Å². The summed E-state index contributed by atoms with van der Waals surface area (Å²) in [6.07, 6.45) is 8.10. The Kier molecular flexibility index (Phi) is 6.52. The molecule has 4 nitrogen and oxygen atoms in total. The number of hydrogen-bond acceptors (Lipinski definition) is 3. The van der Waals surface area contributed by atoms with Crippen molar-refractivity contribution in [3.8, 4) is 0 Å². The molecule has 2 rings (SSSR count). The van der Waals surface area contributed by atoms with E-state index in [1.54, 1.807) is 0 Å². The molecule has 0 bridgehead atoms. The van der Waals surface area contributed by atoms with Crippen molar-refractivity contribution >= 4 is 15.9 Å². The lowest BCUT2D eigenvalue weighted by Crippen LogP contribution is -2.30. The quantitative estimate of drug-likeness (QED) is 0.820. The lowest BCUT2D eigenvalue weighted by Gasteiger charge is -2.28. The van der Waals surface area contributed by atoms with Crippen molar-refractivity contribution in [1.82, 2.24) is 15.1 Å². The second kappa shape index (κ2) is 8.15. The molecule has 1 N–H and O–H groups in total. The summed E-state index contributed by atoms with van der Waals surface area (Å²) in [5.74, 6) is 0. The fourth-order valence-electron chi connectivity index (χ4n) is 2.90. The molecule has 0 saturated carbocycles. The van der Waals surface area contributed by atoms with Crippen LogP contribution in [0.3, 0.4) is 0 Å². The Bertz CT molecular complexity index is 402. The molecule has 1 aromatic rings. The van der Waals surface area contributed by atoms with Crippen LogP contribution in [0.4, 0.5) is 0 Å². The molecule has 2 unspecified atom stereocenters. The first kappa shape index (κ1) is 16.0. The number of hydrogen-bond donors (Lipinski definition) is 1. The van der Waals surface area contributed by atoms with Gasteiger partial charge in [-0.3, -0.25) is 4.68 Å². The maximum absolute atomic E-state index is 5.91. The summed E-state index contributed by atoms with van der Waals surface area (Å²) < 4.78 is 9.14. The van der Waals surface area contributed by atoms with Gasteiger partial charge in [0.2, 0.25) is 0 Å². The predicted octanol–water partition coefficient (Wildman–Crippen LogP) is 3.67. The second-order valence-corrected chi connectivity index (χ2v) is 6.29. The predicted molar refractivity (Wildman–Crippen MR) is 84.8 cm³/mol. The van der Waals surface area contributed by atoms with Gasteiger partial charge in [0, 0.05) is 13.2 Å². The molecule has 1 saturated heterocycles. The van der Waals surface area contributed by atoms with E-state index in [0.29, 0.717) is 12.1 Å². The monoisotopic (exact) mass is 343 g/mol. The highest BCUT2D eigenvalue weighted by atomic mass is 79.9. The molecule has 1 fully saturated rings. The Morgan fingerprint density at radius 1 is 1.50 bits per heavy atom. The minimum Gasteiger partial charge on any atom is -0.378 e. The molecule has 20 heavy (non-hydrogen) atoms. The largest absolute Gasteiger partial charge is 0.378 e. The average Bonchev–Trinajstić information content (AvgIpc) is 2.81. The lowest BCUT2D eigenvalue weighted by atomic mass is 9.99. The Hall–Kier alpha value is -0.390. The molecule has 0 amide bonds. The van der Waals surface area contributed by atoms with Crippen molar-refractivity contribution in [2.24, 2.45) is 0 Å². The van der Waals surface area contributed by atoms with Crippen LogP contribution < -0.4 is 5.32 Å². The van der Waals surface area contributed by atoms with E-state index in [1.165, 1.54) is 25.0 Å². The third-order valence-electron chi connectivity index (χ3n) is 3.82. The zero-order valence-electron chi connectivity index (χ0n) is 12.6. The minimum atomic E-state index is 0.312. The highest BCUT2D eigenvalue weighted by Gasteiger charge is 2.24. The van der Waals surface area contributed by atoms with E-state index in [2.05, 4.69) is 44.9 Å². The zero-order valence-corrected chi connectivity index (χ0v) is 14.2. The molecule has 0 spiro atoms. The summed E-state index contributed by atoms with van der Waals surface area (Å²) in [6, 6.07) is 0.312. The maximum atomic E-state index is 5.91. The van der Waals surface area contributed by atoms with Crippen LogP contribution in [0.5, 0.6) is 0 Å². The third kappa shape index (κ3) is 4.06. The van der Waals surface area contributed by atoms with Crippen LogP contribution in [0.25, 0.3) is 0 Å². The Morgan fingerprint density at radius 2 is 2.35 bits per heavy atom. The standard InChI is InChI=1S/C15H26BrN3O/c1-3-8-19-15(13(16)11-18-19)14(17-4-2)10-12-7-5-6-9-20-12/h11-12,14,17H,3-10H2,1-2H3. The first-order valence-electron chi connectivity index (χ1n) is 7.82. The third-order valence-corrected chi connectivity index (χ3v) is 4.43. The number of halogens is 1. The van der Waals surface area contributed by atoms with Crippen LogP contribution in [0.1, 0.15) is 57.7 Å². The molecule has 0 aromatic carbocycles. The summed E-state index contributed by atoms with van der Waals surface area (Å²) in [4.78, 5) is 0. The van der Waals surface area contributed by atoms with Crippen LogP contribution in [-0.2, 0) is 11.3 Å². The molecule has 114 valence electrons.